The van der Waals surface area contributed by atoms with E-state index in [1.165, 1.54) is 31.3 Å². The summed E-state index contributed by atoms with van der Waals surface area (Å²) in [5.41, 5.74) is -3.97. The first-order chi connectivity index (χ1) is 17.2. The molecule has 0 saturated carbocycles. The van der Waals surface area contributed by atoms with E-state index in [1.807, 2.05) is 0 Å². The summed E-state index contributed by atoms with van der Waals surface area (Å²) >= 11 is 12.3. The summed E-state index contributed by atoms with van der Waals surface area (Å²) in [6, 6.07) is 8.17. The normalized spacial score (nSPS) is 14.4. The zero-order chi connectivity index (χ0) is 27.3. The lowest BCUT2D eigenvalue weighted by Gasteiger charge is -2.37. The number of pyridine rings is 1. The van der Waals surface area contributed by atoms with Crippen LogP contribution >= 0.6 is 23.2 Å². The molecule has 2 atom stereocenters. The monoisotopic (exact) mass is 556 g/mol. The van der Waals surface area contributed by atoms with Crippen LogP contribution in [0.25, 0.3) is 11.1 Å². The molecule has 0 bridgehead atoms. The van der Waals surface area contributed by atoms with Gasteiger partial charge >= 0.3 is 17.9 Å². The third-order valence-electron chi connectivity index (χ3n) is 6.00. The second-order valence-corrected chi connectivity index (χ2v) is 9.01. The summed E-state index contributed by atoms with van der Waals surface area (Å²) in [5.74, 6) is -3.69. The van der Waals surface area contributed by atoms with E-state index in [9.17, 15) is 27.9 Å². The number of carboxylic acid groups (broad SMARTS) is 1. The molecule has 37 heavy (non-hydrogen) atoms. The molecule has 2 N–H and O–H groups in total. The molecule has 2 heterocycles. The van der Waals surface area contributed by atoms with Crippen LogP contribution in [0.1, 0.15) is 34.3 Å². The highest BCUT2D eigenvalue weighted by Crippen LogP contribution is 2.50. The molecule has 0 aliphatic heterocycles. The topological polar surface area (TPSA) is 115 Å². The second kappa shape index (κ2) is 9.40. The lowest BCUT2D eigenvalue weighted by Crippen LogP contribution is -2.46. The number of oxazole rings is 1. The van der Waals surface area contributed by atoms with Gasteiger partial charge in [-0.25, -0.2) is 14.6 Å². The van der Waals surface area contributed by atoms with E-state index in [1.54, 1.807) is 0 Å². The van der Waals surface area contributed by atoms with Crippen LogP contribution < -0.4 is 10.5 Å². The molecule has 194 valence electrons. The highest BCUT2D eigenvalue weighted by Gasteiger charge is 2.59. The number of aliphatic hydroxyl groups is 1. The van der Waals surface area contributed by atoms with Crippen molar-refractivity contribution in [2.45, 2.75) is 24.6 Å². The number of rotatable bonds is 6. The Hall–Kier alpha value is -3.54. The molecule has 4 aromatic rings. The molecule has 0 aliphatic carbocycles. The van der Waals surface area contributed by atoms with Crippen molar-refractivity contribution in [2.24, 2.45) is 7.05 Å². The average Bonchev–Trinajstić information content (AvgIpc) is 3.11. The molecular formula is C24H17Cl2F3N2O6. The number of aryl methyl sites for hydroxylation is 1. The zero-order valence-electron chi connectivity index (χ0n) is 19.0. The van der Waals surface area contributed by atoms with Gasteiger partial charge in [0.05, 0.1) is 11.1 Å². The van der Waals surface area contributed by atoms with E-state index < -0.39 is 35.0 Å². The number of aromatic carboxylic acids is 1. The number of benzene rings is 2. The van der Waals surface area contributed by atoms with Gasteiger partial charge in [0, 0.05) is 24.2 Å². The van der Waals surface area contributed by atoms with Gasteiger partial charge in [-0.2, -0.15) is 13.2 Å². The second-order valence-electron chi connectivity index (χ2n) is 8.20. The third kappa shape index (κ3) is 4.65. The van der Waals surface area contributed by atoms with E-state index >= 15 is 0 Å². The van der Waals surface area contributed by atoms with Crippen molar-refractivity contribution in [2.75, 3.05) is 0 Å². The molecule has 2 unspecified atom stereocenters. The highest BCUT2D eigenvalue weighted by atomic mass is 35.5. The summed E-state index contributed by atoms with van der Waals surface area (Å²) < 4.78 is 54.7. The standard InChI is InChI=1S/C24H17Cl2F3N2O6/c1-11(23(35,24(27,28)29)13-3-6-19-18(8-13)31(2)22(34)37-19)15-5-4-14(9-16(15)25)36-20-17(26)7-12(10-30-20)21(32)33/h3-11,35H,1-2H3,(H,32,33). The average molecular weight is 557 g/mol. The number of ether oxygens (including phenoxy) is 1. The first-order valence-corrected chi connectivity index (χ1v) is 11.2. The van der Waals surface area contributed by atoms with Crippen molar-refractivity contribution in [1.82, 2.24) is 9.55 Å². The van der Waals surface area contributed by atoms with Gasteiger partial charge in [0.25, 0.3) is 0 Å². The summed E-state index contributed by atoms with van der Waals surface area (Å²) in [6.07, 6.45) is -4.11. The molecule has 0 amide bonds. The Kier molecular flexibility index (Phi) is 6.74. The maximum absolute atomic E-state index is 14.4. The van der Waals surface area contributed by atoms with Crippen molar-refractivity contribution in [1.29, 1.82) is 0 Å². The smallest absolute Gasteiger partial charge is 0.422 e. The van der Waals surface area contributed by atoms with E-state index in [2.05, 4.69) is 4.98 Å². The molecule has 0 aliphatic rings. The van der Waals surface area contributed by atoms with Crippen LogP contribution in [-0.4, -0.2) is 31.9 Å². The number of alkyl halides is 3. The fourth-order valence-corrected chi connectivity index (χ4v) is 4.44. The van der Waals surface area contributed by atoms with Gasteiger partial charge in [-0.1, -0.05) is 42.3 Å². The number of carboxylic acids is 1. The predicted octanol–water partition coefficient (Wildman–Crippen LogP) is 5.88. The minimum absolute atomic E-state index is 0.0460. The molecular weight excluding hydrogens is 540 g/mol. The van der Waals surface area contributed by atoms with Crippen LogP contribution in [0.3, 0.4) is 0 Å². The highest BCUT2D eigenvalue weighted by molar-refractivity contribution is 6.32. The van der Waals surface area contributed by atoms with Crippen molar-refractivity contribution >= 4 is 40.3 Å². The van der Waals surface area contributed by atoms with Gasteiger partial charge < -0.3 is 19.4 Å². The van der Waals surface area contributed by atoms with Crippen molar-refractivity contribution in [3.63, 3.8) is 0 Å². The summed E-state index contributed by atoms with van der Waals surface area (Å²) in [5, 5.41) is 19.9. The number of hydrogen-bond donors (Lipinski definition) is 2. The fraction of sp³-hybridized carbons (Fsp3) is 0.208. The molecule has 4 rings (SSSR count). The number of fused-ring (bicyclic) bond motifs is 1. The van der Waals surface area contributed by atoms with Crippen LogP contribution in [0.2, 0.25) is 10.0 Å². The summed E-state index contributed by atoms with van der Waals surface area (Å²) in [4.78, 5) is 26.6. The van der Waals surface area contributed by atoms with Crippen LogP contribution in [0.15, 0.2) is 57.9 Å². The number of carbonyl (C=O) groups is 1. The maximum Gasteiger partial charge on any atom is 0.422 e. The summed E-state index contributed by atoms with van der Waals surface area (Å²) in [6.45, 7) is 1.16. The third-order valence-corrected chi connectivity index (χ3v) is 6.60. The SMILES string of the molecule is CC(c1ccc(Oc2ncc(C(=O)O)cc2Cl)cc1Cl)C(O)(c1ccc2oc(=O)n(C)c2c1)C(F)(F)F. The lowest BCUT2D eigenvalue weighted by molar-refractivity contribution is -0.274. The first-order valence-electron chi connectivity index (χ1n) is 10.5. The minimum Gasteiger partial charge on any atom is -0.478 e. The zero-order valence-corrected chi connectivity index (χ0v) is 20.5. The van der Waals surface area contributed by atoms with E-state index in [-0.39, 0.29) is 43.9 Å². The molecule has 2 aromatic heterocycles. The molecule has 2 aromatic carbocycles. The number of halogens is 5. The quantitative estimate of drug-likeness (QED) is 0.305. The number of aromatic nitrogens is 2. The van der Waals surface area contributed by atoms with Crippen LogP contribution in [0.4, 0.5) is 13.2 Å². The Bertz CT molecular complexity index is 1580. The first kappa shape index (κ1) is 26.5. The molecule has 0 radical (unpaired) electrons. The van der Waals surface area contributed by atoms with Crippen molar-refractivity contribution in [3.05, 3.63) is 85.9 Å². The molecule has 8 nitrogen and oxygen atoms in total. The summed E-state index contributed by atoms with van der Waals surface area (Å²) in [7, 11) is 1.33. The number of nitrogens with zero attached hydrogens (tertiary/aromatic N) is 2. The molecule has 0 fully saturated rings. The van der Waals surface area contributed by atoms with Gasteiger partial charge in [0.2, 0.25) is 5.88 Å². The van der Waals surface area contributed by atoms with Gasteiger partial charge in [-0.15, -0.1) is 0 Å². The Morgan fingerprint density at radius 1 is 1.14 bits per heavy atom. The van der Waals surface area contributed by atoms with E-state index in [0.29, 0.717) is 0 Å². The Morgan fingerprint density at radius 2 is 1.84 bits per heavy atom. The fourth-order valence-electron chi connectivity index (χ4n) is 3.90. The Morgan fingerprint density at radius 3 is 2.43 bits per heavy atom. The molecule has 0 spiro atoms. The predicted molar refractivity (Wildman–Crippen MR) is 128 cm³/mol. The van der Waals surface area contributed by atoms with Gasteiger partial charge in [-0.3, -0.25) is 4.57 Å². The molecule has 13 heteroatoms. The van der Waals surface area contributed by atoms with E-state index in [4.69, 9.17) is 37.5 Å². The lowest BCUT2D eigenvalue weighted by atomic mass is 9.77. The van der Waals surface area contributed by atoms with Gasteiger partial charge in [0.1, 0.15) is 10.8 Å². The van der Waals surface area contributed by atoms with Gasteiger partial charge in [-0.05, 0) is 41.5 Å². The van der Waals surface area contributed by atoms with Crippen LogP contribution in [0.5, 0.6) is 11.6 Å². The maximum atomic E-state index is 14.4. The molecule has 0 saturated heterocycles. The largest absolute Gasteiger partial charge is 0.478 e. The van der Waals surface area contributed by atoms with Crippen molar-refractivity contribution < 1.29 is 37.3 Å². The number of hydrogen-bond acceptors (Lipinski definition) is 6. The van der Waals surface area contributed by atoms with Crippen LogP contribution in [-0.2, 0) is 12.6 Å². The Balaban J connectivity index is 1.72. The van der Waals surface area contributed by atoms with Crippen LogP contribution in [0, 0.1) is 0 Å². The van der Waals surface area contributed by atoms with E-state index in [0.717, 1.165) is 35.9 Å². The van der Waals surface area contributed by atoms with Gasteiger partial charge in [0.15, 0.2) is 11.2 Å². The minimum atomic E-state index is -5.13. The Labute approximate surface area is 216 Å². The van der Waals surface area contributed by atoms with Crippen molar-refractivity contribution in [3.8, 4) is 11.6 Å².